The van der Waals surface area contributed by atoms with Crippen molar-refractivity contribution < 1.29 is 4.79 Å². The van der Waals surface area contributed by atoms with Crippen LogP contribution in [0.3, 0.4) is 0 Å². The average molecular weight is 208 g/mol. The molecule has 14 heavy (non-hydrogen) atoms. The van der Waals surface area contributed by atoms with E-state index in [1.54, 1.807) is 0 Å². The molecule has 0 unspecified atom stereocenters. The van der Waals surface area contributed by atoms with E-state index < -0.39 is 0 Å². The van der Waals surface area contributed by atoms with Gasteiger partial charge in [-0.25, -0.2) is 0 Å². The second kappa shape index (κ2) is 4.31. The fraction of sp³-hybridized carbons (Fsp3) is 0.400. The highest BCUT2D eigenvalue weighted by Gasteiger charge is 2.09. The molecule has 1 amide bonds. The number of thiocarbonyl (C=S) groups is 1. The molecule has 1 rings (SSSR count). The van der Waals surface area contributed by atoms with E-state index in [0.29, 0.717) is 6.42 Å². The van der Waals surface area contributed by atoms with Gasteiger partial charge in [0.15, 0.2) is 0 Å². The molecule has 0 aliphatic carbocycles. The molecule has 0 bridgehead atoms. The lowest BCUT2D eigenvalue weighted by molar-refractivity contribution is -0.117. The van der Waals surface area contributed by atoms with E-state index in [1.165, 1.54) is 0 Å². The van der Waals surface area contributed by atoms with Crippen molar-refractivity contribution >= 4 is 23.3 Å². The maximum atomic E-state index is 11.2. The Morgan fingerprint density at radius 2 is 2.29 bits per heavy atom. The summed E-state index contributed by atoms with van der Waals surface area (Å²) in [6, 6.07) is 1.99. The van der Waals surface area contributed by atoms with E-state index in [-0.39, 0.29) is 5.91 Å². The molecule has 74 valence electrons. The number of rotatable bonds is 2. The van der Waals surface area contributed by atoms with E-state index in [9.17, 15) is 4.79 Å². The predicted molar refractivity (Wildman–Crippen MR) is 58.6 cm³/mol. The molecule has 0 aromatic carbocycles. The predicted octanol–water partition coefficient (Wildman–Crippen LogP) is 1.81. The van der Waals surface area contributed by atoms with Crippen LogP contribution in [0.4, 0.5) is 0 Å². The Morgan fingerprint density at radius 3 is 2.71 bits per heavy atom. The molecule has 0 radical (unpaired) electrons. The van der Waals surface area contributed by atoms with Gasteiger partial charge in [-0.3, -0.25) is 4.79 Å². The van der Waals surface area contributed by atoms with Gasteiger partial charge in [-0.1, -0.05) is 0 Å². The maximum Gasteiger partial charge on any atom is 0.259 e. The van der Waals surface area contributed by atoms with Crippen LogP contribution in [0.2, 0.25) is 0 Å². The molecule has 0 saturated heterocycles. The maximum absolute atomic E-state index is 11.2. The van der Waals surface area contributed by atoms with Crippen LogP contribution in [-0.4, -0.2) is 15.6 Å². The Balaban J connectivity index is 2.92. The van der Waals surface area contributed by atoms with Crippen LogP contribution in [-0.2, 0) is 18.3 Å². The van der Waals surface area contributed by atoms with Crippen molar-refractivity contribution in [3.8, 4) is 0 Å². The van der Waals surface area contributed by atoms with Crippen molar-refractivity contribution in [2.75, 3.05) is 0 Å². The van der Waals surface area contributed by atoms with Gasteiger partial charge in [-0.15, -0.1) is 0 Å². The fourth-order valence-corrected chi connectivity index (χ4v) is 1.47. The summed E-state index contributed by atoms with van der Waals surface area (Å²) >= 11 is 4.37. The Hall–Kier alpha value is -1.25. The minimum atomic E-state index is -0.242. The smallest absolute Gasteiger partial charge is 0.259 e. The molecule has 4 heteroatoms. The van der Waals surface area contributed by atoms with Crippen molar-refractivity contribution in [2.24, 2.45) is 12.0 Å². The number of nitrogens with zero attached hydrogens (tertiary/aromatic N) is 2. The highest BCUT2D eigenvalue weighted by molar-refractivity contribution is 7.78. The van der Waals surface area contributed by atoms with Crippen LogP contribution in [0.5, 0.6) is 0 Å². The number of carbonyl (C=O) groups is 1. The molecular weight excluding hydrogens is 196 g/mol. The Kier molecular flexibility index (Phi) is 3.33. The van der Waals surface area contributed by atoms with Gasteiger partial charge in [-0.2, -0.15) is 4.99 Å². The summed E-state index contributed by atoms with van der Waals surface area (Å²) in [4.78, 5) is 14.6. The van der Waals surface area contributed by atoms with Crippen molar-refractivity contribution in [1.82, 2.24) is 4.57 Å². The summed E-state index contributed by atoms with van der Waals surface area (Å²) in [7, 11) is 1.97. The zero-order valence-electron chi connectivity index (χ0n) is 8.50. The molecular formula is C10H12N2OS. The third-order valence-electron chi connectivity index (χ3n) is 2.39. The van der Waals surface area contributed by atoms with Gasteiger partial charge in [-0.05, 0) is 37.7 Å². The molecule has 0 aliphatic heterocycles. The lowest BCUT2D eigenvalue weighted by atomic mass is 10.2. The van der Waals surface area contributed by atoms with Crippen LogP contribution < -0.4 is 0 Å². The van der Waals surface area contributed by atoms with Crippen molar-refractivity contribution in [2.45, 2.75) is 20.3 Å². The van der Waals surface area contributed by atoms with Crippen LogP contribution in [0, 0.1) is 13.8 Å². The third kappa shape index (κ3) is 2.16. The topological polar surface area (TPSA) is 34.4 Å². The van der Waals surface area contributed by atoms with Crippen LogP contribution >= 0.6 is 12.2 Å². The second-order valence-corrected chi connectivity index (χ2v) is 3.41. The first-order valence-electron chi connectivity index (χ1n) is 4.28. The van der Waals surface area contributed by atoms with Gasteiger partial charge in [0.1, 0.15) is 0 Å². The van der Waals surface area contributed by atoms with E-state index in [0.717, 1.165) is 17.0 Å². The van der Waals surface area contributed by atoms with E-state index in [4.69, 9.17) is 0 Å². The summed E-state index contributed by atoms with van der Waals surface area (Å²) in [5, 5.41) is 2.08. The van der Waals surface area contributed by atoms with Gasteiger partial charge in [0.2, 0.25) is 0 Å². The number of hydrogen-bond donors (Lipinski definition) is 0. The lowest BCUT2D eigenvalue weighted by Gasteiger charge is -1.99. The van der Waals surface area contributed by atoms with Gasteiger partial charge < -0.3 is 4.57 Å². The molecule has 1 aromatic heterocycles. The Labute approximate surface area is 88.5 Å². The van der Waals surface area contributed by atoms with Gasteiger partial charge in [0, 0.05) is 18.4 Å². The first kappa shape index (κ1) is 10.8. The largest absolute Gasteiger partial charge is 0.352 e. The molecule has 0 aliphatic rings. The third-order valence-corrected chi connectivity index (χ3v) is 2.48. The zero-order valence-corrected chi connectivity index (χ0v) is 9.31. The molecule has 0 saturated carbocycles. The Bertz CT molecular complexity index is 414. The van der Waals surface area contributed by atoms with Crippen LogP contribution in [0.15, 0.2) is 11.1 Å². The summed E-state index contributed by atoms with van der Waals surface area (Å²) in [5.74, 6) is -0.242. The average Bonchev–Trinajstić information content (AvgIpc) is 2.34. The molecule has 1 aromatic rings. The molecule has 0 fully saturated rings. The zero-order chi connectivity index (χ0) is 10.7. The normalized spacial score (nSPS) is 9.64. The minimum Gasteiger partial charge on any atom is -0.352 e. The van der Waals surface area contributed by atoms with Gasteiger partial charge in [0.25, 0.3) is 5.91 Å². The molecule has 3 nitrogen and oxygen atoms in total. The highest BCUT2D eigenvalue weighted by Crippen LogP contribution is 2.13. The number of isothiocyanates is 1. The SMILES string of the molecule is Cc1cc(CC(=O)N=C=S)c(C)n1C. The van der Waals surface area contributed by atoms with E-state index in [2.05, 4.69) is 22.4 Å². The number of aromatic nitrogens is 1. The van der Waals surface area contributed by atoms with Crippen LogP contribution in [0.1, 0.15) is 17.0 Å². The summed E-state index contributed by atoms with van der Waals surface area (Å²) in [6.07, 6.45) is 0.303. The fourth-order valence-electron chi connectivity index (χ4n) is 1.37. The molecule has 0 spiro atoms. The Morgan fingerprint density at radius 1 is 1.64 bits per heavy atom. The lowest BCUT2D eigenvalue weighted by Crippen LogP contribution is -2.00. The number of carbonyl (C=O) groups excluding carboxylic acids is 1. The van der Waals surface area contributed by atoms with Gasteiger partial charge in [0.05, 0.1) is 11.6 Å². The van der Waals surface area contributed by atoms with Crippen molar-refractivity contribution in [1.29, 1.82) is 0 Å². The number of aliphatic imine (C=N–C) groups is 1. The van der Waals surface area contributed by atoms with E-state index >= 15 is 0 Å². The standard InChI is InChI=1S/C10H12N2OS/c1-7-4-9(8(2)12(7)3)5-10(13)11-6-14/h4H,5H2,1-3H3. The first-order chi connectivity index (χ1) is 6.56. The van der Waals surface area contributed by atoms with E-state index in [1.807, 2.05) is 31.5 Å². The number of amides is 1. The van der Waals surface area contributed by atoms with Crippen molar-refractivity contribution in [3.05, 3.63) is 23.0 Å². The summed E-state index contributed by atoms with van der Waals surface area (Å²) in [6.45, 7) is 3.99. The quantitative estimate of drug-likeness (QED) is 0.549. The molecule has 0 N–H and O–H groups in total. The summed E-state index contributed by atoms with van der Waals surface area (Å²) in [5.41, 5.74) is 3.23. The van der Waals surface area contributed by atoms with Gasteiger partial charge >= 0.3 is 0 Å². The highest BCUT2D eigenvalue weighted by atomic mass is 32.1. The number of aryl methyl sites for hydroxylation is 1. The molecule has 1 heterocycles. The molecule has 0 atom stereocenters. The van der Waals surface area contributed by atoms with Crippen molar-refractivity contribution in [3.63, 3.8) is 0 Å². The second-order valence-electron chi connectivity index (χ2n) is 3.23. The first-order valence-corrected chi connectivity index (χ1v) is 4.69. The summed E-state index contributed by atoms with van der Waals surface area (Å²) < 4.78 is 2.05. The number of hydrogen-bond acceptors (Lipinski definition) is 2. The van der Waals surface area contributed by atoms with Crippen LogP contribution in [0.25, 0.3) is 0 Å². The minimum absolute atomic E-state index is 0.242. The monoisotopic (exact) mass is 208 g/mol.